The van der Waals surface area contributed by atoms with Crippen LogP contribution in [0.4, 0.5) is 0 Å². The summed E-state index contributed by atoms with van der Waals surface area (Å²) in [6.07, 6.45) is 0.278. The molecule has 1 fully saturated rings. The Labute approximate surface area is 113 Å². The molecular weight excluding hydrogens is 244 g/mol. The maximum atomic E-state index is 11.9. The first kappa shape index (κ1) is 13.7. The first-order valence-electron chi connectivity index (χ1n) is 6.38. The predicted octanol–water partition coefficient (Wildman–Crippen LogP) is 1.32. The van der Waals surface area contributed by atoms with Gasteiger partial charge in [0.1, 0.15) is 11.5 Å². The van der Waals surface area contributed by atoms with Crippen LogP contribution in [0.5, 0.6) is 11.5 Å². The van der Waals surface area contributed by atoms with E-state index in [0.717, 1.165) is 12.1 Å². The summed E-state index contributed by atoms with van der Waals surface area (Å²) in [5.74, 6) is 1.33. The minimum Gasteiger partial charge on any atom is -0.497 e. The largest absolute Gasteiger partial charge is 0.497 e. The Morgan fingerprint density at radius 2 is 2.21 bits per heavy atom. The number of methoxy groups -OCH3 is 1. The number of carbonyl (C=O) groups excluding carboxylic acids is 1. The molecule has 2 atom stereocenters. The fourth-order valence-corrected chi connectivity index (χ4v) is 2.17. The number of likely N-dealkylation sites (N-methyl/N-ethyl adjacent to an activating group) is 1. The van der Waals surface area contributed by atoms with Gasteiger partial charge in [0.25, 0.3) is 5.91 Å². The van der Waals surface area contributed by atoms with E-state index in [1.807, 2.05) is 19.1 Å². The van der Waals surface area contributed by atoms with Crippen LogP contribution in [0.2, 0.25) is 0 Å². The van der Waals surface area contributed by atoms with E-state index in [-0.39, 0.29) is 11.9 Å². The van der Waals surface area contributed by atoms with Gasteiger partial charge in [0, 0.05) is 37.7 Å². The summed E-state index contributed by atoms with van der Waals surface area (Å²) in [5.41, 5.74) is 6.80. The van der Waals surface area contributed by atoms with E-state index >= 15 is 0 Å². The van der Waals surface area contributed by atoms with Crippen molar-refractivity contribution in [1.29, 1.82) is 0 Å². The maximum Gasteiger partial charge on any atom is 0.263 e. The average molecular weight is 264 g/mol. The molecule has 1 aliphatic heterocycles. The molecule has 0 aromatic heterocycles. The lowest BCUT2D eigenvalue weighted by Crippen LogP contribution is -2.29. The van der Waals surface area contributed by atoms with E-state index < -0.39 is 6.10 Å². The summed E-state index contributed by atoms with van der Waals surface area (Å²) >= 11 is 0. The number of nitrogens with zero attached hydrogens (tertiary/aromatic N) is 1. The molecule has 2 rings (SSSR count). The molecule has 1 aromatic rings. The van der Waals surface area contributed by atoms with Crippen LogP contribution in [0.1, 0.15) is 24.9 Å². The fourth-order valence-electron chi connectivity index (χ4n) is 2.17. The standard InChI is InChI=1S/C14H20N2O3/c1-9(15)11-5-4-10(18-3)8-13(11)19-12-6-7-16(2)14(12)17/h4-5,8-9,12H,6-7,15H2,1-3H3/t9-,12?/m0/s1. The lowest BCUT2D eigenvalue weighted by molar-refractivity contribution is -0.132. The van der Waals surface area contributed by atoms with Gasteiger partial charge in [-0.3, -0.25) is 4.79 Å². The van der Waals surface area contributed by atoms with Crippen LogP contribution >= 0.6 is 0 Å². The van der Waals surface area contributed by atoms with E-state index in [2.05, 4.69) is 0 Å². The molecule has 0 saturated carbocycles. The van der Waals surface area contributed by atoms with Crippen LogP contribution < -0.4 is 15.2 Å². The molecule has 5 heteroatoms. The van der Waals surface area contributed by atoms with Gasteiger partial charge in [0.05, 0.1) is 7.11 Å². The molecule has 104 valence electrons. The van der Waals surface area contributed by atoms with Crippen molar-refractivity contribution in [3.63, 3.8) is 0 Å². The fraction of sp³-hybridized carbons (Fsp3) is 0.500. The van der Waals surface area contributed by atoms with Crippen molar-refractivity contribution in [2.45, 2.75) is 25.5 Å². The molecule has 1 heterocycles. The van der Waals surface area contributed by atoms with Crippen molar-refractivity contribution < 1.29 is 14.3 Å². The van der Waals surface area contributed by atoms with E-state index in [0.29, 0.717) is 17.9 Å². The third kappa shape index (κ3) is 2.81. The van der Waals surface area contributed by atoms with Crippen LogP contribution in [-0.4, -0.2) is 37.6 Å². The first-order chi connectivity index (χ1) is 9.02. The molecule has 1 amide bonds. The molecule has 2 N–H and O–H groups in total. The van der Waals surface area contributed by atoms with Gasteiger partial charge < -0.3 is 20.1 Å². The number of benzene rings is 1. The molecule has 0 aliphatic carbocycles. The summed E-state index contributed by atoms with van der Waals surface area (Å²) in [4.78, 5) is 13.6. The summed E-state index contributed by atoms with van der Waals surface area (Å²) in [7, 11) is 3.38. The van der Waals surface area contributed by atoms with Gasteiger partial charge in [0.15, 0.2) is 6.10 Å². The number of ether oxygens (including phenoxy) is 2. The van der Waals surface area contributed by atoms with Crippen molar-refractivity contribution in [3.05, 3.63) is 23.8 Å². The highest BCUT2D eigenvalue weighted by Gasteiger charge is 2.31. The molecule has 0 spiro atoms. The van der Waals surface area contributed by atoms with E-state index in [1.165, 1.54) is 0 Å². The maximum absolute atomic E-state index is 11.9. The van der Waals surface area contributed by atoms with Gasteiger partial charge in [-0.1, -0.05) is 6.07 Å². The van der Waals surface area contributed by atoms with Crippen molar-refractivity contribution in [2.75, 3.05) is 20.7 Å². The number of nitrogens with two attached hydrogens (primary N) is 1. The minimum absolute atomic E-state index is 0.0124. The molecule has 1 unspecified atom stereocenters. The van der Waals surface area contributed by atoms with Gasteiger partial charge >= 0.3 is 0 Å². The Morgan fingerprint density at radius 1 is 1.47 bits per heavy atom. The average Bonchev–Trinajstić information content (AvgIpc) is 2.70. The zero-order valence-corrected chi connectivity index (χ0v) is 11.6. The quantitative estimate of drug-likeness (QED) is 0.891. The van der Waals surface area contributed by atoms with E-state index in [4.69, 9.17) is 15.2 Å². The third-order valence-electron chi connectivity index (χ3n) is 3.36. The summed E-state index contributed by atoms with van der Waals surface area (Å²) in [5, 5.41) is 0. The van der Waals surface area contributed by atoms with Gasteiger partial charge in [-0.25, -0.2) is 0 Å². The third-order valence-corrected chi connectivity index (χ3v) is 3.36. The van der Waals surface area contributed by atoms with Crippen LogP contribution in [0.25, 0.3) is 0 Å². The molecular formula is C14H20N2O3. The number of amides is 1. The lowest BCUT2D eigenvalue weighted by Gasteiger charge is -2.18. The molecule has 1 aromatic carbocycles. The topological polar surface area (TPSA) is 64.8 Å². The number of hydrogen-bond acceptors (Lipinski definition) is 4. The highest BCUT2D eigenvalue weighted by molar-refractivity contribution is 5.83. The number of carbonyl (C=O) groups is 1. The summed E-state index contributed by atoms with van der Waals surface area (Å²) < 4.78 is 11.0. The van der Waals surface area contributed by atoms with Crippen LogP contribution in [0.15, 0.2) is 18.2 Å². The van der Waals surface area contributed by atoms with Gasteiger partial charge in [-0.15, -0.1) is 0 Å². The Hall–Kier alpha value is -1.75. The predicted molar refractivity (Wildman–Crippen MR) is 72.3 cm³/mol. The Kier molecular flexibility index (Phi) is 3.95. The monoisotopic (exact) mass is 264 g/mol. The highest BCUT2D eigenvalue weighted by atomic mass is 16.5. The molecule has 1 saturated heterocycles. The SMILES string of the molecule is COc1ccc([C@H](C)N)c(OC2CCN(C)C2=O)c1. The van der Waals surface area contributed by atoms with Crippen molar-refractivity contribution in [3.8, 4) is 11.5 Å². The normalized spacial score (nSPS) is 20.5. The van der Waals surface area contributed by atoms with E-state index in [1.54, 1.807) is 25.1 Å². The number of rotatable bonds is 4. The van der Waals surface area contributed by atoms with E-state index in [9.17, 15) is 4.79 Å². The second kappa shape index (κ2) is 5.48. The zero-order chi connectivity index (χ0) is 14.0. The lowest BCUT2D eigenvalue weighted by atomic mass is 10.1. The van der Waals surface area contributed by atoms with Gasteiger partial charge in [-0.05, 0) is 13.0 Å². The van der Waals surface area contributed by atoms with Crippen molar-refractivity contribution >= 4 is 5.91 Å². The highest BCUT2D eigenvalue weighted by Crippen LogP contribution is 2.30. The van der Waals surface area contributed by atoms with Crippen LogP contribution in [-0.2, 0) is 4.79 Å². The first-order valence-corrected chi connectivity index (χ1v) is 6.38. The number of hydrogen-bond donors (Lipinski definition) is 1. The minimum atomic E-state index is -0.422. The molecule has 1 aliphatic rings. The Bertz CT molecular complexity index is 474. The molecule has 5 nitrogen and oxygen atoms in total. The van der Waals surface area contributed by atoms with Gasteiger partial charge in [-0.2, -0.15) is 0 Å². The summed E-state index contributed by atoms with van der Waals surface area (Å²) in [6.45, 7) is 2.61. The zero-order valence-electron chi connectivity index (χ0n) is 11.6. The molecule has 0 radical (unpaired) electrons. The molecule has 0 bridgehead atoms. The second-order valence-electron chi connectivity index (χ2n) is 4.85. The van der Waals surface area contributed by atoms with Crippen molar-refractivity contribution in [1.82, 2.24) is 4.90 Å². The summed E-state index contributed by atoms with van der Waals surface area (Å²) in [6, 6.07) is 5.34. The van der Waals surface area contributed by atoms with Crippen molar-refractivity contribution in [2.24, 2.45) is 5.73 Å². The van der Waals surface area contributed by atoms with Crippen LogP contribution in [0.3, 0.4) is 0 Å². The van der Waals surface area contributed by atoms with Crippen LogP contribution in [0, 0.1) is 0 Å². The van der Waals surface area contributed by atoms with Gasteiger partial charge in [0.2, 0.25) is 0 Å². The Morgan fingerprint density at radius 3 is 2.74 bits per heavy atom. The second-order valence-corrected chi connectivity index (χ2v) is 4.85. The number of likely N-dealkylation sites (tertiary alicyclic amines) is 1. The molecule has 19 heavy (non-hydrogen) atoms. The Balaban J connectivity index is 2.25. The smallest absolute Gasteiger partial charge is 0.263 e.